The Morgan fingerprint density at radius 3 is 2.38 bits per heavy atom. The molecule has 0 aliphatic rings. The summed E-state index contributed by atoms with van der Waals surface area (Å²) in [5.74, 6) is 0. The molecular formula is C18H18N2S. The predicted octanol–water partition coefficient (Wildman–Crippen LogP) is 4.66. The van der Waals surface area contributed by atoms with Crippen LogP contribution in [0.15, 0.2) is 66.9 Å². The predicted molar refractivity (Wildman–Crippen MR) is 89.2 cm³/mol. The maximum absolute atomic E-state index is 4.52. The van der Waals surface area contributed by atoms with E-state index in [1.165, 1.54) is 16.0 Å². The number of benzene rings is 2. The van der Waals surface area contributed by atoms with Crippen LogP contribution in [-0.2, 0) is 6.54 Å². The third-order valence-corrected chi connectivity index (χ3v) is 4.50. The zero-order valence-corrected chi connectivity index (χ0v) is 12.8. The number of aromatic nitrogens is 1. The van der Waals surface area contributed by atoms with Crippen molar-refractivity contribution >= 4 is 11.3 Å². The average Bonchev–Trinajstić information content (AvgIpc) is 3.03. The van der Waals surface area contributed by atoms with Crippen LogP contribution in [0.1, 0.15) is 23.4 Å². The number of hydrogen-bond donors (Lipinski definition) is 1. The Morgan fingerprint density at radius 1 is 1.00 bits per heavy atom. The Hall–Kier alpha value is -1.97. The molecule has 1 aromatic heterocycles. The van der Waals surface area contributed by atoms with E-state index in [-0.39, 0.29) is 0 Å². The van der Waals surface area contributed by atoms with Gasteiger partial charge in [0.15, 0.2) is 0 Å². The number of nitrogens with one attached hydrogen (secondary N) is 1. The van der Waals surface area contributed by atoms with Crippen molar-refractivity contribution in [2.75, 3.05) is 0 Å². The topological polar surface area (TPSA) is 24.9 Å². The second-order valence-corrected chi connectivity index (χ2v) is 6.13. The molecule has 106 valence electrons. The van der Waals surface area contributed by atoms with Gasteiger partial charge in [-0.05, 0) is 12.5 Å². The first kappa shape index (κ1) is 14.0. The molecule has 1 heterocycles. The molecule has 1 atom stereocenters. The average molecular weight is 294 g/mol. The van der Waals surface area contributed by atoms with Gasteiger partial charge in [-0.1, -0.05) is 60.7 Å². The summed E-state index contributed by atoms with van der Waals surface area (Å²) in [4.78, 5) is 5.78. The molecule has 0 bridgehead atoms. The molecule has 2 aromatic carbocycles. The monoisotopic (exact) mass is 294 g/mol. The summed E-state index contributed by atoms with van der Waals surface area (Å²) in [6.45, 7) is 3.04. The Bertz CT molecular complexity index is 677. The summed E-state index contributed by atoms with van der Waals surface area (Å²) in [5.41, 5.74) is 2.50. The van der Waals surface area contributed by atoms with Crippen LogP contribution in [0.4, 0.5) is 0 Å². The maximum Gasteiger partial charge on any atom is 0.123 e. The summed E-state index contributed by atoms with van der Waals surface area (Å²) in [6, 6.07) is 21.2. The van der Waals surface area contributed by atoms with E-state index in [9.17, 15) is 0 Å². The van der Waals surface area contributed by atoms with Gasteiger partial charge in [-0.15, -0.1) is 11.3 Å². The molecule has 0 aliphatic heterocycles. The van der Waals surface area contributed by atoms with Gasteiger partial charge in [0.25, 0.3) is 0 Å². The lowest BCUT2D eigenvalue weighted by atomic mass is 10.1. The van der Waals surface area contributed by atoms with Gasteiger partial charge in [-0.3, -0.25) is 0 Å². The minimum absolute atomic E-state index is 0.341. The number of nitrogens with zero attached hydrogens (tertiary/aromatic N) is 1. The van der Waals surface area contributed by atoms with E-state index >= 15 is 0 Å². The molecule has 1 N–H and O–H groups in total. The van der Waals surface area contributed by atoms with Crippen LogP contribution in [0.25, 0.3) is 10.6 Å². The number of hydrogen-bond acceptors (Lipinski definition) is 3. The molecule has 0 spiro atoms. The molecule has 3 rings (SSSR count). The van der Waals surface area contributed by atoms with E-state index in [0.717, 1.165) is 11.6 Å². The van der Waals surface area contributed by atoms with Crippen LogP contribution in [-0.4, -0.2) is 4.98 Å². The van der Waals surface area contributed by atoms with Crippen molar-refractivity contribution in [3.63, 3.8) is 0 Å². The Kier molecular flexibility index (Phi) is 4.43. The molecule has 3 heteroatoms. The van der Waals surface area contributed by atoms with Crippen molar-refractivity contribution in [3.8, 4) is 10.6 Å². The molecule has 3 aromatic rings. The zero-order chi connectivity index (χ0) is 14.5. The highest BCUT2D eigenvalue weighted by Crippen LogP contribution is 2.25. The summed E-state index contributed by atoms with van der Waals surface area (Å²) in [6.07, 6.45) is 1.97. The van der Waals surface area contributed by atoms with Gasteiger partial charge in [0.2, 0.25) is 0 Å². The molecule has 0 unspecified atom stereocenters. The van der Waals surface area contributed by atoms with Crippen molar-refractivity contribution in [1.82, 2.24) is 10.3 Å². The lowest BCUT2D eigenvalue weighted by Gasteiger charge is -2.12. The highest BCUT2D eigenvalue weighted by atomic mass is 32.1. The molecule has 0 saturated heterocycles. The lowest BCUT2D eigenvalue weighted by molar-refractivity contribution is 0.578. The van der Waals surface area contributed by atoms with E-state index in [0.29, 0.717) is 6.04 Å². The van der Waals surface area contributed by atoms with E-state index in [1.807, 2.05) is 30.5 Å². The van der Waals surface area contributed by atoms with Gasteiger partial charge < -0.3 is 5.32 Å². The minimum Gasteiger partial charge on any atom is -0.305 e. The summed E-state index contributed by atoms with van der Waals surface area (Å²) in [5, 5.41) is 4.63. The Labute approximate surface area is 129 Å². The smallest absolute Gasteiger partial charge is 0.123 e. The third-order valence-electron chi connectivity index (χ3n) is 3.46. The first-order chi connectivity index (χ1) is 10.3. The molecule has 0 radical (unpaired) electrons. The zero-order valence-electron chi connectivity index (χ0n) is 12.0. The van der Waals surface area contributed by atoms with Crippen LogP contribution in [0.2, 0.25) is 0 Å². The van der Waals surface area contributed by atoms with Gasteiger partial charge in [-0.25, -0.2) is 4.98 Å². The number of rotatable bonds is 5. The largest absolute Gasteiger partial charge is 0.305 e. The van der Waals surface area contributed by atoms with Crippen molar-refractivity contribution in [2.45, 2.75) is 19.5 Å². The van der Waals surface area contributed by atoms with Crippen molar-refractivity contribution in [1.29, 1.82) is 0 Å². The normalized spacial score (nSPS) is 12.2. The summed E-state index contributed by atoms with van der Waals surface area (Å²) < 4.78 is 0. The molecule has 0 amide bonds. The van der Waals surface area contributed by atoms with E-state index in [4.69, 9.17) is 0 Å². The molecular weight excluding hydrogens is 276 g/mol. The highest BCUT2D eigenvalue weighted by Gasteiger charge is 2.07. The fourth-order valence-corrected chi connectivity index (χ4v) is 3.09. The van der Waals surface area contributed by atoms with E-state index < -0.39 is 0 Å². The SMILES string of the molecule is C[C@@H](NCc1cnc(-c2ccccc2)s1)c1ccccc1. The van der Waals surface area contributed by atoms with Gasteiger partial charge in [0.1, 0.15) is 5.01 Å². The van der Waals surface area contributed by atoms with Crippen LogP contribution in [0.5, 0.6) is 0 Å². The minimum atomic E-state index is 0.341. The van der Waals surface area contributed by atoms with Crippen LogP contribution in [0, 0.1) is 0 Å². The Morgan fingerprint density at radius 2 is 1.67 bits per heavy atom. The molecule has 2 nitrogen and oxygen atoms in total. The quantitative estimate of drug-likeness (QED) is 0.740. The van der Waals surface area contributed by atoms with Crippen molar-refractivity contribution in [3.05, 3.63) is 77.3 Å². The third kappa shape index (κ3) is 3.57. The second kappa shape index (κ2) is 6.66. The van der Waals surface area contributed by atoms with Crippen molar-refractivity contribution in [2.24, 2.45) is 0 Å². The van der Waals surface area contributed by atoms with Crippen LogP contribution in [0.3, 0.4) is 0 Å². The Balaban J connectivity index is 1.63. The van der Waals surface area contributed by atoms with E-state index in [1.54, 1.807) is 11.3 Å². The van der Waals surface area contributed by atoms with Crippen LogP contribution < -0.4 is 5.32 Å². The van der Waals surface area contributed by atoms with Crippen LogP contribution >= 0.6 is 11.3 Å². The molecule has 0 saturated carbocycles. The van der Waals surface area contributed by atoms with Gasteiger partial charge in [0.05, 0.1) is 0 Å². The summed E-state index contributed by atoms with van der Waals surface area (Å²) >= 11 is 1.75. The van der Waals surface area contributed by atoms with Gasteiger partial charge in [-0.2, -0.15) is 0 Å². The first-order valence-corrected chi connectivity index (χ1v) is 7.93. The molecule has 21 heavy (non-hydrogen) atoms. The van der Waals surface area contributed by atoms with Gasteiger partial charge in [0, 0.05) is 29.2 Å². The summed E-state index contributed by atoms with van der Waals surface area (Å²) in [7, 11) is 0. The molecule has 0 aliphatic carbocycles. The van der Waals surface area contributed by atoms with Gasteiger partial charge >= 0.3 is 0 Å². The van der Waals surface area contributed by atoms with E-state index in [2.05, 4.69) is 53.6 Å². The van der Waals surface area contributed by atoms with Crippen molar-refractivity contribution < 1.29 is 0 Å². The lowest BCUT2D eigenvalue weighted by Crippen LogP contribution is -2.17. The maximum atomic E-state index is 4.52. The first-order valence-electron chi connectivity index (χ1n) is 7.11. The fraction of sp³-hybridized carbons (Fsp3) is 0.167. The standard InChI is InChI=1S/C18H18N2S/c1-14(15-8-4-2-5-9-15)19-12-17-13-20-18(21-17)16-10-6-3-7-11-16/h2-11,13-14,19H,12H2,1H3/t14-/m1/s1. The molecule has 0 fully saturated rings. The number of thiazole rings is 1. The highest BCUT2D eigenvalue weighted by molar-refractivity contribution is 7.15. The second-order valence-electron chi connectivity index (χ2n) is 5.01. The fourth-order valence-electron chi connectivity index (χ4n) is 2.22.